The molecule has 2 aromatic carbocycles. The number of aromatic nitrogens is 3. The summed E-state index contributed by atoms with van der Waals surface area (Å²) >= 11 is 0. The van der Waals surface area contributed by atoms with Gasteiger partial charge in [-0.25, -0.2) is 18.4 Å². The molecule has 3 N–H and O–H groups in total. The maximum absolute atomic E-state index is 12.6. The lowest BCUT2D eigenvalue weighted by Crippen LogP contribution is -2.22. The Labute approximate surface area is 199 Å². The number of sulfone groups is 1. The van der Waals surface area contributed by atoms with Gasteiger partial charge in [0.25, 0.3) is 0 Å². The standard InChI is InChI=1S/C24H26BN5O3S/c1-14(2)34(31,32)22-9-8-17(10-18(22)25)20-13-28-24(26)23(29-20)21-11-19(30-33-21)16-6-4-15(5-7-16)12-27-3/h4-11,13-14,27H,12,25H2,1-3H3,(H2,26,28). The minimum atomic E-state index is -3.38. The van der Waals surface area contributed by atoms with Crippen molar-refractivity contribution in [3.05, 3.63) is 60.3 Å². The van der Waals surface area contributed by atoms with E-state index in [1.54, 1.807) is 52.2 Å². The summed E-state index contributed by atoms with van der Waals surface area (Å²) in [5, 5.41) is 6.79. The van der Waals surface area contributed by atoms with Gasteiger partial charge in [-0.1, -0.05) is 47.0 Å². The molecule has 0 bridgehead atoms. The van der Waals surface area contributed by atoms with Gasteiger partial charge in [0.2, 0.25) is 0 Å². The van der Waals surface area contributed by atoms with E-state index < -0.39 is 15.1 Å². The molecule has 0 amide bonds. The Bertz CT molecular complexity index is 1430. The van der Waals surface area contributed by atoms with Crippen LogP contribution < -0.4 is 16.5 Å². The highest BCUT2D eigenvalue weighted by atomic mass is 32.2. The number of hydrogen-bond donors (Lipinski definition) is 2. The second kappa shape index (κ2) is 9.40. The van der Waals surface area contributed by atoms with Crippen LogP contribution in [0.25, 0.3) is 34.0 Å². The Morgan fingerprint density at radius 3 is 2.41 bits per heavy atom. The second-order valence-corrected chi connectivity index (χ2v) is 10.8. The van der Waals surface area contributed by atoms with Gasteiger partial charge in [-0.3, -0.25) is 0 Å². The van der Waals surface area contributed by atoms with Crippen LogP contribution in [0.5, 0.6) is 0 Å². The van der Waals surface area contributed by atoms with E-state index in [0.29, 0.717) is 33.2 Å². The molecule has 34 heavy (non-hydrogen) atoms. The average Bonchev–Trinajstić information content (AvgIpc) is 3.30. The normalized spacial score (nSPS) is 11.8. The van der Waals surface area contributed by atoms with E-state index in [2.05, 4.69) is 20.4 Å². The summed E-state index contributed by atoms with van der Waals surface area (Å²) < 4.78 is 30.7. The van der Waals surface area contributed by atoms with Crippen LogP contribution in [0.4, 0.5) is 5.82 Å². The highest BCUT2D eigenvalue weighted by Gasteiger charge is 2.22. The molecule has 0 radical (unpaired) electrons. The van der Waals surface area contributed by atoms with Gasteiger partial charge in [-0.05, 0) is 32.5 Å². The van der Waals surface area contributed by atoms with E-state index >= 15 is 0 Å². The van der Waals surface area contributed by atoms with Gasteiger partial charge in [0.1, 0.15) is 13.5 Å². The van der Waals surface area contributed by atoms with Crippen molar-refractivity contribution in [2.75, 3.05) is 12.8 Å². The van der Waals surface area contributed by atoms with Crippen LogP contribution in [-0.2, 0) is 16.4 Å². The van der Waals surface area contributed by atoms with E-state index in [1.165, 1.54) is 5.56 Å². The molecular formula is C24H26BN5O3S. The number of rotatable bonds is 7. The number of nitrogens with two attached hydrogens (primary N) is 1. The molecule has 8 nitrogen and oxygen atoms in total. The number of nitrogens with one attached hydrogen (secondary N) is 1. The van der Waals surface area contributed by atoms with Crippen molar-refractivity contribution in [1.29, 1.82) is 0 Å². The van der Waals surface area contributed by atoms with Crippen molar-refractivity contribution in [3.8, 4) is 34.0 Å². The summed E-state index contributed by atoms with van der Waals surface area (Å²) in [5.41, 5.74) is 11.1. The minimum absolute atomic E-state index is 0.214. The molecule has 0 unspecified atom stereocenters. The maximum atomic E-state index is 12.6. The Morgan fingerprint density at radius 1 is 1.06 bits per heavy atom. The molecule has 10 heteroatoms. The second-order valence-electron chi connectivity index (χ2n) is 8.37. The van der Waals surface area contributed by atoms with Gasteiger partial charge < -0.3 is 15.6 Å². The first-order valence-corrected chi connectivity index (χ1v) is 12.4. The lowest BCUT2D eigenvalue weighted by Gasteiger charge is -2.12. The first-order chi connectivity index (χ1) is 16.2. The van der Waals surface area contributed by atoms with Crippen LogP contribution in [0.3, 0.4) is 0 Å². The Kier molecular flexibility index (Phi) is 6.54. The molecule has 0 saturated carbocycles. The van der Waals surface area contributed by atoms with Gasteiger partial charge >= 0.3 is 0 Å². The van der Waals surface area contributed by atoms with Crippen LogP contribution in [0, 0.1) is 0 Å². The molecule has 0 aliphatic rings. The first-order valence-electron chi connectivity index (χ1n) is 10.9. The molecule has 0 atom stereocenters. The van der Waals surface area contributed by atoms with Crippen molar-refractivity contribution in [2.24, 2.45) is 0 Å². The lowest BCUT2D eigenvalue weighted by atomic mass is 9.93. The molecule has 2 aromatic heterocycles. The van der Waals surface area contributed by atoms with Crippen molar-refractivity contribution in [3.63, 3.8) is 0 Å². The smallest absolute Gasteiger partial charge is 0.189 e. The monoisotopic (exact) mass is 475 g/mol. The van der Waals surface area contributed by atoms with Gasteiger partial charge in [-0.2, -0.15) is 0 Å². The number of anilines is 1. The van der Waals surface area contributed by atoms with Crippen molar-refractivity contribution in [1.82, 2.24) is 20.4 Å². The van der Waals surface area contributed by atoms with Crippen molar-refractivity contribution >= 4 is 29.0 Å². The Hall–Kier alpha value is -3.50. The van der Waals surface area contributed by atoms with Crippen LogP contribution in [0.15, 0.2) is 64.1 Å². The minimum Gasteiger partial charge on any atom is -0.382 e. The highest BCUT2D eigenvalue weighted by Crippen LogP contribution is 2.30. The van der Waals surface area contributed by atoms with Crippen molar-refractivity contribution in [2.45, 2.75) is 30.5 Å². The summed E-state index contributed by atoms with van der Waals surface area (Å²) in [7, 11) is 0.299. The van der Waals surface area contributed by atoms with E-state index in [4.69, 9.17) is 10.3 Å². The third-order valence-corrected chi connectivity index (χ3v) is 7.89. The van der Waals surface area contributed by atoms with E-state index in [1.807, 2.05) is 31.3 Å². The van der Waals surface area contributed by atoms with Gasteiger partial charge in [0.15, 0.2) is 27.1 Å². The molecule has 0 fully saturated rings. The zero-order valence-corrected chi connectivity index (χ0v) is 20.3. The van der Waals surface area contributed by atoms with Gasteiger partial charge in [0, 0.05) is 23.7 Å². The largest absolute Gasteiger partial charge is 0.382 e. The van der Waals surface area contributed by atoms with E-state index in [9.17, 15) is 8.42 Å². The van der Waals surface area contributed by atoms with Crippen LogP contribution in [-0.4, -0.2) is 43.7 Å². The van der Waals surface area contributed by atoms with Crippen molar-refractivity contribution < 1.29 is 12.9 Å². The Morgan fingerprint density at radius 2 is 1.76 bits per heavy atom. The third-order valence-electron chi connectivity index (χ3n) is 5.57. The maximum Gasteiger partial charge on any atom is 0.189 e. The molecule has 0 saturated heterocycles. The highest BCUT2D eigenvalue weighted by molar-refractivity contribution is 7.92. The summed E-state index contributed by atoms with van der Waals surface area (Å²) in [4.78, 5) is 9.24. The fourth-order valence-corrected chi connectivity index (χ4v) is 4.89. The molecule has 0 aliphatic heterocycles. The SMILES string of the molecule is Bc1cc(-c2cnc(N)c(-c3cc(-c4ccc(CNC)cc4)no3)n2)ccc1S(=O)(=O)C(C)C. The number of benzene rings is 2. The molecule has 0 spiro atoms. The van der Waals surface area contributed by atoms with Gasteiger partial charge in [-0.15, -0.1) is 0 Å². The molecule has 174 valence electrons. The summed E-state index contributed by atoms with van der Waals surface area (Å²) in [6.45, 7) is 4.12. The predicted molar refractivity (Wildman–Crippen MR) is 136 cm³/mol. The fraction of sp³-hybridized carbons (Fsp3) is 0.208. The number of hydrogen-bond acceptors (Lipinski definition) is 8. The van der Waals surface area contributed by atoms with Crippen LogP contribution >= 0.6 is 0 Å². The molecule has 2 heterocycles. The number of nitrogen functional groups attached to an aromatic ring is 1. The summed E-state index contributed by atoms with van der Waals surface area (Å²) in [6.07, 6.45) is 1.56. The zero-order valence-electron chi connectivity index (χ0n) is 19.5. The molecular weight excluding hydrogens is 449 g/mol. The fourth-order valence-electron chi connectivity index (χ4n) is 3.62. The third kappa shape index (κ3) is 4.60. The van der Waals surface area contributed by atoms with Crippen LogP contribution in [0.2, 0.25) is 0 Å². The van der Waals surface area contributed by atoms with E-state index in [0.717, 1.165) is 17.7 Å². The predicted octanol–water partition coefficient (Wildman–Crippen LogP) is 2.21. The quantitative estimate of drug-likeness (QED) is 0.390. The van der Waals surface area contributed by atoms with E-state index in [-0.39, 0.29) is 5.82 Å². The molecule has 4 rings (SSSR count). The molecule has 4 aromatic rings. The molecule has 0 aliphatic carbocycles. The first kappa shape index (κ1) is 23.7. The summed E-state index contributed by atoms with van der Waals surface area (Å²) in [5.74, 6) is 0.614. The topological polar surface area (TPSA) is 124 Å². The Balaban J connectivity index is 1.67. The zero-order chi connectivity index (χ0) is 24.5. The average molecular weight is 475 g/mol. The summed E-state index contributed by atoms with van der Waals surface area (Å²) in [6, 6.07) is 14.9. The van der Waals surface area contributed by atoms with Crippen LogP contribution in [0.1, 0.15) is 19.4 Å². The van der Waals surface area contributed by atoms with Gasteiger partial charge in [0.05, 0.1) is 22.0 Å². The number of nitrogens with zero attached hydrogens (tertiary/aromatic N) is 3. The lowest BCUT2D eigenvalue weighted by molar-refractivity contribution is 0.434.